The van der Waals surface area contributed by atoms with Crippen LogP contribution in [0, 0.1) is 0 Å². The van der Waals surface area contributed by atoms with Gasteiger partial charge in [0.25, 0.3) is 0 Å². The van der Waals surface area contributed by atoms with E-state index in [1.807, 2.05) is 53.7 Å². The van der Waals surface area contributed by atoms with Crippen LogP contribution in [0.2, 0.25) is 0 Å². The fourth-order valence-electron chi connectivity index (χ4n) is 3.68. The van der Waals surface area contributed by atoms with E-state index < -0.39 is 139 Å². The second kappa shape index (κ2) is 33.4. The van der Waals surface area contributed by atoms with E-state index in [2.05, 4.69) is 0 Å². The van der Waals surface area contributed by atoms with Crippen LogP contribution in [0.25, 0.3) is 0 Å². The van der Waals surface area contributed by atoms with Crippen molar-refractivity contribution in [3.05, 3.63) is 28.8 Å². The van der Waals surface area contributed by atoms with Gasteiger partial charge in [-0.25, -0.2) is 0 Å². The Kier molecular flexibility index (Phi) is 35.8. The maximum atomic E-state index is 12.4. The molecule has 0 aromatic heterocycles. The molecule has 20 N–H and O–H groups in total. The minimum Gasteiger partial charge on any atom is -0.507 e. The van der Waals surface area contributed by atoms with Gasteiger partial charge in [0.05, 0.1) is 65.4 Å². The van der Waals surface area contributed by atoms with Crippen LogP contribution in [0.15, 0.2) is 12.1 Å². The number of benzene rings is 1. The minimum absolute atomic E-state index is 0.237. The summed E-state index contributed by atoms with van der Waals surface area (Å²) in [5.41, 5.74) is 1.58. The van der Waals surface area contributed by atoms with Gasteiger partial charge in [-0.1, -0.05) is 53.7 Å². The van der Waals surface area contributed by atoms with Crippen molar-refractivity contribution in [2.45, 2.75) is 126 Å². The Morgan fingerprint density at radius 1 is 0.458 bits per heavy atom. The summed E-state index contributed by atoms with van der Waals surface area (Å²) in [5.74, 6) is -0.934. The Labute approximate surface area is 344 Å². The molecule has 1 aromatic rings. The highest BCUT2D eigenvalue weighted by Gasteiger charge is 2.30. The van der Waals surface area contributed by atoms with E-state index in [0.717, 1.165) is 11.1 Å². The molecule has 59 heavy (non-hydrogen) atoms. The summed E-state index contributed by atoms with van der Waals surface area (Å²) in [4.78, 5) is 12.4. The van der Waals surface area contributed by atoms with E-state index in [0.29, 0.717) is 5.56 Å². The first kappa shape index (κ1) is 63.4. The van der Waals surface area contributed by atoms with E-state index in [1.165, 1.54) is 0 Å². The lowest BCUT2D eigenvalue weighted by Gasteiger charge is -2.29. The number of esters is 1. The third kappa shape index (κ3) is 27.3. The highest BCUT2D eigenvalue weighted by Crippen LogP contribution is 2.41. The Morgan fingerprint density at radius 2 is 0.661 bits per heavy atom. The Morgan fingerprint density at radius 3 is 0.847 bits per heavy atom. The Bertz CT molecular complexity index is 1050. The number of phenols is 1. The molecule has 0 radical (unpaired) electrons. The molecule has 11 atom stereocenters. The summed E-state index contributed by atoms with van der Waals surface area (Å²) in [5, 5.41) is 171. The molecule has 0 heterocycles. The van der Waals surface area contributed by atoms with E-state index in [9.17, 15) is 20.1 Å². The smallest absolute Gasteiger partial charge is 0.313 e. The molecule has 0 saturated carbocycles. The van der Waals surface area contributed by atoms with Crippen molar-refractivity contribution >= 4 is 5.97 Å². The zero-order valence-corrected chi connectivity index (χ0v) is 34.8. The summed E-state index contributed by atoms with van der Waals surface area (Å²) in [6.07, 6.45) is -12.5. The number of phenolic OH excluding ortho intramolecular Hbond substituents is 1. The van der Waals surface area contributed by atoms with Gasteiger partial charge in [-0.2, -0.15) is 0 Å². The van der Waals surface area contributed by atoms with Crippen LogP contribution in [-0.2, 0) is 20.4 Å². The minimum atomic E-state index is -1.36. The Balaban J connectivity index is -0.000000383. The first-order chi connectivity index (χ1) is 27.1. The SMILES string of the molecule is CC(C(=O)OCC(O)C(O)CO)c1cc(C(C)(C)C)c(O)c(C(C)(C)C)c1.OCC(O)C(O)CO.OCC(O)C(O)CO.OCC(O)C(O)CO.OCC(O)C(O)CO. The molecule has 22 nitrogen and oxygen atoms in total. The van der Waals surface area contributed by atoms with Crippen molar-refractivity contribution < 1.29 is 112 Å². The standard InChI is InChI=1S/C21H34O6.4C4H10O4/c1-12(19(26)27-11-17(24)16(23)10-22)13-8-14(20(2,3)4)18(25)15(9-13)21(5,6)7;4*5-1-3(7)4(8)2-6/h8-9,12,16-17,22-25H,10-11H2,1-7H3;4*3-8H,1-2H2. The summed E-state index contributed by atoms with van der Waals surface area (Å²) in [6, 6.07) is 3.63. The molecule has 0 saturated heterocycles. The number of carbonyl (C=O) groups is 1. The number of carbonyl (C=O) groups excluding carboxylic acids is 1. The molecule has 354 valence electrons. The molecule has 0 amide bonds. The van der Waals surface area contributed by atoms with Gasteiger partial charge in [-0.15, -0.1) is 0 Å². The molecule has 0 spiro atoms. The number of aliphatic hydroxyl groups is 19. The largest absolute Gasteiger partial charge is 0.507 e. The fraction of sp³-hybridized carbons (Fsp3) is 0.811. The highest BCUT2D eigenvalue weighted by atomic mass is 16.5. The second-order valence-electron chi connectivity index (χ2n) is 15.1. The van der Waals surface area contributed by atoms with Crippen molar-refractivity contribution in [3.63, 3.8) is 0 Å². The van der Waals surface area contributed by atoms with Crippen molar-refractivity contribution in [1.29, 1.82) is 0 Å². The quantitative estimate of drug-likeness (QED) is 0.0610. The van der Waals surface area contributed by atoms with Crippen molar-refractivity contribution in [2.24, 2.45) is 0 Å². The lowest BCUT2D eigenvalue weighted by Crippen LogP contribution is -2.34. The normalized spacial score (nSPS) is 17.1. The van der Waals surface area contributed by atoms with Crippen LogP contribution in [0.5, 0.6) is 5.75 Å². The van der Waals surface area contributed by atoms with Gasteiger partial charge in [0, 0.05) is 0 Å². The number of aliphatic hydroxyl groups excluding tert-OH is 19. The van der Waals surface area contributed by atoms with Gasteiger partial charge >= 0.3 is 5.97 Å². The second-order valence-corrected chi connectivity index (χ2v) is 15.1. The molecule has 0 aliphatic heterocycles. The van der Waals surface area contributed by atoms with Crippen LogP contribution in [0.4, 0.5) is 0 Å². The average Bonchev–Trinajstić information content (AvgIpc) is 3.22. The Hall–Kier alpha value is -2.27. The fourth-order valence-corrected chi connectivity index (χ4v) is 3.68. The number of hydrogen-bond donors (Lipinski definition) is 20. The van der Waals surface area contributed by atoms with Crippen molar-refractivity contribution in [1.82, 2.24) is 0 Å². The summed E-state index contributed by atoms with van der Waals surface area (Å²) in [6.45, 7) is 8.44. The van der Waals surface area contributed by atoms with Crippen molar-refractivity contribution in [2.75, 3.05) is 66.1 Å². The molecular weight excluding hydrogens is 796 g/mol. The third-order valence-electron chi connectivity index (χ3n) is 7.90. The summed E-state index contributed by atoms with van der Waals surface area (Å²) in [7, 11) is 0. The molecule has 0 bridgehead atoms. The number of aromatic hydroxyl groups is 1. The van der Waals surface area contributed by atoms with Gasteiger partial charge in [0.15, 0.2) is 0 Å². The lowest BCUT2D eigenvalue weighted by molar-refractivity contribution is -0.151. The zero-order valence-electron chi connectivity index (χ0n) is 34.8. The lowest BCUT2D eigenvalue weighted by atomic mass is 9.77. The van der Waals surface area contributed by atoms with Crippen LogP contribution in [0.1, 0.15) is 71.1 Å². The molecule has 0 aliphatic carbocycles. The molecule has 0 aliphatic rings. The number of hydrogen-bond acceptors (Lipinski definition) is 22. The highest BCUT2D eigenvalue weighted by molar-refractivity contribution is 5.78. The maximum absolute atomic E-state index is 12.4. The molecule has 0 fully saturated rings. The topological polar surface area (TPSA) is 431 Å². The predicted molar refractivity (Wildman–Crippen MR) is 209 cm³/mol. The number of rotatable bonds is 18. The van der Waals surface area contributed by atoms with Crippen LogP contribution in [-0.4, -0.2) is 235 Å². The van der Waals surface area contributed by atoms with Gasteiger partial charge < -0.3 is 107 Å². The van der Waals surface area contributed by atoms with Gasteiger partial charge in [-0.05, 0) is 34.4 Å². The molecule has 1 rings (SSSR count). The monoisotopic (exact) mass is 870 g/mol. The first-order valence-electron chi connectivity index (χ1n) is 18.4. The summed E-state index contributed by atoms with van der Waals surface area (Å²) < 4.78 is 5.10. The third-order valence-corrected chi connectivity index (χ3v) is 7.90. The van der Waals surface area contributed by atoms with E-state index in [-0.39, 0.29) is 16.6 Å². The molecular formula is C37H74O22. The molecule has 1 aromatic carbocycles. The van der Waals surface area contributed by atoms with Crippen LogP contribution >= 0.6 is 0 Å². The van der Waals surface area contributed by atoms with Gasteiger partial charge in [-0.3, -0.25) is 4.79 Å². The summed E-state index contributed by atoms with van der Waals surface area (Å²) >= 11 is 0. The van der Waals surface area contributed by atoms with Gasteiger partial charge in [0.1, 0.15) is 73.4 Å². The van der Waals surface area contributed by atoms with Crippen molar-refractivity contribution in [3.8, 4) is 5.75 Å². The zero-order chi connectivity index (χ0) is 47.4. The van der Waals surface area contributed by atoms with Crippen LogP contribution < -0.4 is 0 Å². The maximum Gasteiger partial charge on any atom is 0.313 e. The van der Waals surface area contributed by atoms with E-state index >= 15 is 0 Å². The average molecular weight is 871 g/mol. The van der Waals surface area contributed by atoms with Gasteiger partial charge in [0.2, 0.25) is 0 Å². The predicted octanol–water partition coefficient (Wildman–Crippen LogP) is -6.88. The first-order valence-corrected chi connectivity index (χ1v) is 18.4. The molecule has 22 heteroatoms. The van der Waals surface area contributed by atoms with Crippen LogP contribution in [0.3, 0.4) is 0 Å². The van der Waals surface area contributed by atoms with E-state index in [4.69, 9.17) is 91.5 Å². The van der Waals surface area contributed by atoms with E-state index in [1.54, 1.807) is 6.92 Å². The molecule has 11 unspecified atom stereocenters. The number of ether oxygens (including phenoxy) is 1.